The van der Waals surface area contributed by atoms with Crippen molar-refractivity contribution in [2.75, 3.05) is 11.9 Å². The summed E-state index contributed by atoms with van der Waals surface area (Å²) in [6.45, 7) is 3.19. The molecule has 6 nitrogen and oxygen atoms in total. The molecule has 2 heterocycles. The minimum absolute atomic E-state index is 0.120. The number of pyridine rings is 1. The third kappa shape index (κ3) is 2.91. The first-order valence-corrected chi connectivity index (χ1v) is 5.77. The summed E-state index contributed by atoms with van der Waals surface area (Å²) in [4.78, 5) is 13.8. The van der Waals surface area contributed by atoms with E-state index in [0.717, 1.165) is 25.1 Å². The second kappa shape index (κ2) is 5.09. The Morgan fingerprint density at radius 2 is 2.41 bits per heavy atom. The molecule has 0 spiro atoms. The molecular formula is C11H16N4O2. The highest BCUT2D eigenvalue weighted by Crippen LogP contribution is 2.17. The summed E-state index contributed by atoms with van der Waals surface area (Å²) in [7, 11) is 0. The molecule has 0 aliphatic carbocycles. The van der Waals surface area contributed by atoms with Gasteiger partial charge < -0.3 is 20.7 Å². The highest BCUT2D eigenvalue weighted by molar-refractivity contribution is 5.44. The maximum absolute atomic E-state index is 10.5. The predicted molar refractivity (Wildman–Crippen MR) is 65.0 cm³/mol. The van der Waals surface area contributed by atoms with Gasteiger partial charge in [0.2, 0.25) is 0 Å². The van der Waals surface area contributed by atoms with Crippen LogP contribution in [0.25, 0.3) is 0 Å². The maximum atomic E-state index is 10.5. The van der Waals surface area contributed by atoms with Gasteiger partial charge in [-0.3, -0.25) is 0 Å². The molecule has 1 aliphatic rings. The number of rotatable bonds is 3. The number of hydrogen-bond acceptors (Lipinski definition) is 5. The van der Waals surface area contributed by atoms with Gasteiger partial charge in [-0.1, -0.05) is 0 Å². The van der Waals surface area contributed by atoms with Crippen molar-refractivity contribution in [3.8, 4) is 0 Å². The van der Waals surface area contributed by atoms with Gasteiger partial charge in [-0.15, -0.1) is 0 Å². The number of anilines is 1. The van der Waals surface area contributed by atoms with Crippen molar-refractivity contribution in [1.82, 2.24) is 10.3 Å². The van der Waals surface area contributed by atoms with Crippen molar-refractivity contribution in [3.63, 3.8) is 0 Å². The Balaban J connectivity index is 2.00. The smallest absolute Gasteiger partial charge is 0.363 e. The largest absolute Gasteiger partial charge is 0.378 e. The molecule has 2 N–H and O–H groups in total. The van der Waals surface area contributed by atoms with Crippen LogP contribution in [0.5, 0.6) is 0 Å². The molecule has 0 aromatic carbocycles. The number of nitrogens with zero attached hydrogens (tertiary/aromatic N) is 2. The van der Waals surface area contributed by atoms with Crippen LogP contribution in [0, 0.1) is 10.1 Å². The standard InChI is InChI=1S/C11H16N4O2/c1-8-10(3-2-6-12-8)14-9-4-5-11(13-7-9)15(16)17/h4-5,7-8,10,12,14H,2-3,6H2,1H3. The van der Waals surface area contributed by atoms with Crippen molar-refractivity contribution in [2.45, 2.75) is 31.8 Å². The normalized spacial score (nSPS) is 24.3. The first-order valence-electron chi connectivity index (χ1n) is 5.77. The van der Waals surface area contributed by atoms with E-state index in [9.17, 15) is 10.1 Å². The van der Waals surface area contributed by atoms with E-state index in [2.05, 4.69) is 22.5 Å². The third-order valence-corrected chi connectivity index (χ3v) is 3.05. The number of piperidine rings is 1. The SMILES string of the molecule is CC1NCCCC1Nc1ccc([N+](=O)[O-])nc1. The minimum Gasteiger partial charge on any atom is -0.378 e. The molecule has 6 heteroatoms. The van der Waals surface area contributed by atoms with Gasteiger partial charge in [0.25, 0.3) is 0 Å². The number of nitrogens with one attached hydrogen (secondary N) is 2. The van der Waals surface area contributed by atoms with E-state index in [1.807, 2.05) is 0 Å². The van der Waals surface area contributed by atoms with Crippen molar-refractivity contribution in [3.05, 3.63) is 28.4 Å². The lowest BCUT2D eigenvalue weighted by molar-refractivity contribution is -0.389. The van der Waals surface area contributed by atoms with Crippen LogP contribution in [0.1, 0.15) is 19.8 Å². The number of aromatic nitrogens is 1. The van der Waals surface area contributed by atoms with Gasteiger partial charge in [0, 0.05) is 18.2 Å². The predicted octanol–water partition coefficient (Wildman–Crippen LogP) is 1.54. The summed E-state index contributed by atoms with van der Waals surface area (Å²) in [6, 6.07) is 3.88. The average molecular weight is 236 g/mol. The highest BCUT2D eigenvalue weighted by Gasteiger charge is 2.20. The van der Waals surface area contributed by atoms with Crippen molar-refractivity contribution in [1.29, 1.82) is 0 Å². The first kappa shape index (κ1) is 11.8. The molecule has 1 aliphatic heterocycles. The second-order valence-corrected chi connectivity index (χ2v) is 4.30. The van der Waals surface area contributed by atoms with Crippen LogP contribution < -0.4 is 10.6 Å². The summed E-state index contributed by atoms with van der Waals surface area (Å²) >= 11 is 0. The second-order valence-electron chi connectivity index (χ2n) is 4.30. The van der Waals surface area contributed by atoms with Crippen LogP contribution in [0.4, 0.5) is 11.5 Å². The van der Waals surface area contributed by atoms with Gasteiger partial charge in [0.05, 0.1) is 5.69 Å². The minimum atomic E-state index is -0.491. The topological polar surface area (TPSA) is 80.1 Å². The van der Waals surface area contributed by atoms with Crippen molar-refractivity contribution in [2.24, 2.45) is 0 Å². The van der Waals surface area contributed by atoms with E-state index in [-0.39, 0.29) is 5.82 Å². The molecule has 1 saturated heterocycles. The summed E-state index contributed by atoms with van der Waals surface area (Å²) in [5.41, 5.74) is 0.830. The van der Waals surface area contributed by atoms with Crippen LogP contribution in [0.15, 0.2) is 18.3 Å². The molecule has 92 valence electrons. The Kier molecular flexibility index (Phi) is 3.53. The van der Waals surface area contributed by atoms with Gasteiger partial charge in [0.1, 0.15) is 0 Å². The summed E-state index contributed by atoms with van der Waals surface area (Å²) in [5, 5.41) is 17.2. The molecule has 2 atom stereocenters. The zero-order valence-corrected chi connectivity index (χ0v) is 9.72. The number of nitro groups is 1. The van der Waals surface area contributed by atoms with E-state index >= 15 is 0 Å². The van der Waals surface area contributed by atoms with Crippen LogP contribution in [-0.2, 0) is 0 Å². The fourth-order valence-corrected chi connectivity index (χ4v) is 2.03. The molecule has 1 aromatic heterocycles. The fraction of sp³-hybridized carbons (Fsp3) is 0.545. The molecule has 1 aromatic rings. The van der Waals surface area contributed by atoms with Crippen molar-refractivity contribution < 1.29 is 4.92 Å². The zero-order chi connectivity index (χ0) is 12.3. The molecule has 2 rings (SSSR count). The lowest BCUT2D eigenvalue weighted by Crippen LogP contribution is -2.46. The quantitative estimate of drug-likeness (QED) is 0.614. The summed E-state index contributed by atoms with van der Waals surface area (Å²) in [5.74, 6) is -0.120. The first-order chi connectivity index (χ1) is 8.16. The molecule has 1 fully saturated rings. The van der Waals surface area contributed by atoms with E-state index in [4.69, 9.17) is 0 Å². The zero-order valence-electron chi connectivity index (χ0n) is 9.72. The van der Waals surface area contributed by atoms with E-state index in [0.29, 0.717) is 12.1 Å². The molecule has 0 amide bonds. The summed E-state index contributed by atoms with van der Waals surface area (Å²) in [6.07, 6.45) is 3.76. The lowest BCUT2D eigenvalue weighted by atomic mass is 10.00. The van der Waals surface area contributed by atoms with Crippen molar-refractivity contribution >= 4 is 11.5 Å². The number of hydrogen-bond donors (Lipinski definition) is 2. The van der Waals surface area contributed by atoms with Crippen LogP contribution in [0.3, 0.4) is 0 Å². The van der Waals surface area contributed by atoms with E-state index < -0.39 is 4.92 Å². The Morgan fingerprint density at radius 3 is 3.00 bits per heavy atom. The Labute approximate surface area is 99.6 Å². The van der Waals surface area contributed by atoms with Gasteiger partial charge in [-0.2, -0.15) is 0 Å². The van der Waals surface area contributed by atoms with E-state index in [1.54, 1.807) is 6.07 Å². The molecular weight excluding hydrogens is 220 g/mol. The van der Waals surface area contributed by atoms with E-state index in [1.165, 1.54) is 12.3 Å². The Hall–Kier alpha value is -1.69. The van der Waals surface area contributed by atoms with Gasteiger partial charge in [-0.05, 0) is 42.3 Å². The van der Waals surface area contributed by atoms with Crippen LogP contribution >= 0.6 is 0 Å². The lowest BCUT2D eigenvalue weighted by Gasteiger charge is -2.31. The van der Waals surface area contributed by atoms with Crippen LogP contribution in [0.2, 0.25) is 0 Å². The fourth-order valence-electron chi connectivity index (χ4n) is 2.03. The molecule has 17 heavy (non-hydrogen) atoms. The Morgan fingerprint density at radius 1 is 1.59 bits per heavy atom. The highest BCUT2D eigenvalue weighted by atomic mass is 16.6. The van der Waals surface area contributed by atoms with Gasteiger partial charge in [-0.25, -0.2) is 0 Å². The average Bonchev–Trinajstić information content (AvgIpc) is 2.33. The van der Waals surface area contributed by atoms with Crippen LogP contribution in [-0.4, -0.2) is 28.5 Å². The maximum Gasteiger partial charge on any atom is 0.363 e. The third-order valence-electron chi connectivity index (χ3n) is 3.05. The molecule has 0 radical (unpaired) electrons. The molecule has 0 saturated carbocycles. The monoisotopic (exact) mass is 236 g/mol. The Bertz CT molecular complexity index is 393. The van der Waals surface area contributed by atoms with Gasteiger partial charge in [0.15, 0.2) is 6.20 Å². The molecule has 2 unspecified atom stereocenters. The molecule has 0 bridgehead atoms. The van der Waals surface area contributed by atoms with Gasteiger partial charge >= 0.3 is 5.82 Å². The summed E-state index contributed by atoms with van der Waals surface area (Å²) < 4.78 is 0.